The van der Waals surface area contributed by atoms with Crippen LogP contribution in [0.25, 0.3) is 0 Å². The van der Waals surface area contributed by atoms with Crippen LogP contribution >= 0.6 is 0 Å². The molecule has 0 aromatic carbocycles. The zero-order valence-corrected chi connectivity index (χ0v) is 10.4. The maximum absolute atomic E-state index is 11.8. The van der Waals surface area contributed by atoms with Gasteiger partial charge in [-0.1, -0.05) is 12.2 Å². The zero-order valence-electron chi connectivity index (χ0n) is 10.4. The van der Waals surface area contributed by atoms with Crippen LogP contribution in [0.5, 0.6) is 0 Å². The molecule has 0 amide bonds. The second-order valence-corrected chi connectivity index (χ2v) is 5.00. The quantitative estimate of drug-likeness (QED) is 0.525. The molecule has 1 fully saturated rings. The van der Waals surface area contributed by atoms with E-state index in [4.69, 9.17) is 9.47 Å². The Balaban J connectivity index is 1.61. The fourth-order valence-corrected chi connectivity index (χ4v) is 2.95. The van der Waals surface area contributed by atoms with E-state index in [0.29, 0.717) is 19.3 Å². The van der Waals surface area contributed by atoms with Crippen LogP contribution in [0.4, 0.5) is 4.39 Å². The van der Waals surface area contributed by atoms with E-state index >= 15 is 0 Å². The molecule has 0 radical (unpaired) electrons. The largest absolute Gasteiger partial charge is 0.376 e. The molecule has 0 N–H and O–H groups in total. The van der Waals surface area contributed by atoms with Crippen molar-refractivity contribution in [2.45, 2.75) is 38.2 Å². The molecule has 2 aliphatic carbocycles. The number of hydrogen-bond donors (Lipinski definition) is 0. The highest BCUT2D eigenvalue weighted by molar-refractivity contribution is 4.96. The minimum Gasteiger partial charge on any atom is -0.376 e. The smallest absolute Gasteiger partial charge is 0.113 e. The molecule has 2 nitrogen and oxygen atoms in total. The lowest BCUT2D eigenvalue weighted by atomic mass is 9.66. The molecule has 0 aromatic heterocycles. The van der Waals surface area contributed by atoms with Gasteiger partial charge >= 0.3 is 0 Å². The summed E-state index contributed by atoms with van der Waals surface area (Å²) < 4.78 is 22.7. The third kappa shape index (κ3) is 3.78. The number of ether oxygens (including phenoxy) is 2. The van der Waals surface area contributed by atoms with Crippen LogP contribution in [-0.4, -0.2) is 32.6 Å². The van der Waals surface area contributed by atoms with Gasteiger partial charge in [-0.3, -0.25) is 0 Å². The summed E-state index contributed by atoms with van der Waals surface area (Å²) in [5.74, 6) is 1.62. The summed E-state index contributed by atoms with van der Waals surface area (Å²) in [4.78, 5) is 0. The van der Waals surface area contributed by atoms with Crippen molar-refractivity contribution in [2.75, 3.05) is 26.5 Å². The van der Waals surface area contributed by atoms with E-state index in [1.54, 1.807) is 0 Å². The fourth-order valence-electron chi connectivity index (χ4n) is 2.95. The summed E-state index contributed by atoms with van der Waals surface area (Å²) in [7, 11) is 0. The Morgan fingerprint density at radius 1 is 1.06 bits per heavy atom. The van der Waals surface area contributed by atoms with Crippen molar-refractivity contribution in [2.24, 2.45) is 11.8 Å². The second kappa shape index (κ2) is 7.12. The molecular weight excluding hydrogens is 218 g/mol. The Morgan fingerprint density at radius 2 is 1.88 bits per heavy atom. The number of allylic oxidation sites excluding steroid dienone is 2. The lowest BCUT2D eigenvalue weighted by Gasteiger charge is -2.45. The molecule has 0 saturated heterocycles. The van der Waals surface area contributed by atoms with Gasteiger partial charge in [-0.05, 0) is 43.9 Å². The predicted octanol–water partition coefficient (Wildman–Crippen LogP) is 3.12. The zero-order chi connectivity index (χ0) is 11.9. The van der Waals surface area contributed by atoms with Crippen LogP contribution in [0.15, 0.2) is 12.2 Å². The average Bonchev–Trinajstić information content (AvgIpc) is 2.30. The van der Waals surface area contributed by atoms with Crippen LogP contribution < -0.4 is 0 Å². The van der Waals surface area contributed by atoms with Crippen molar-refractivity contribution < 1.29 is 13.9 Å². The first kappa shape index (κ1) is 13.0. The van der Waals surface area contributed by atoms with Crippen molar-refractivity contribution >= 4 is 0 Å². The van der Waals surface area contributed by atoms with Gasteiger partial charge in [0, 0.05) is 0 Å². The van der Waals surface area contributed by atoms with Crippen molar-refractivity contribution in [3.63, 3.8) is 0 Å². The molecule has 1 saturated carbocycles. The van der Waals surface area contributed by atoms with Crippen LogP contribution in [0.3, 0.4) is 0 Å². The van der Waals surface area contributed by atoms with Gasteiger partial charge in [0.05, 0.1) is 25.9 Å². The monoisotopic (exact) mass is 241 g/mol. The van der Waals surface area contributed by atoms with Crippen LogP contribution in [0.1, 0.15) is 32.1 Å². The highest BCUT2D eigenvalue weighted by Crippen LogP contribution is 2.43. The van der Waals surface area contributed by atoms with E-state index in [9.17, 15) is 4.39 Å². The van der Waals surface area contributed by atoms with Crippen LogP contribution in [-0.2, 0) is 9.47 Å². The van der Waals surface area contributed by atoms with Crippen LogP contribution in [0, 0.1) is 11.8 Å². The van der Waals surface area contributed by atoms with Crippen molar-refractivity contribution in [3.05, 3.63) is 12.2 Å². The minimum atomic E-state index is -0.402. The first-order chi connectivity index (χ1) is 8.42. The molecule has 0 unspecified atom stereocenters. The van der Waals surface area contributed by atoms with Gasteiger partial charge in [0.15, 0.2) is 0 Å². The minimum absolute atomic E-state index is 0.199. The molecule has 17 heavy (non-hydrogen) atoms. The summed E-state index contributed by atoms with van der Waals surface area (Å²) in [6.45, 7) is 0.937. The van der Waals surface area contributed by atoms with E-state index in [2.05, 4.69) is 12.2 Å². The number of halogens is 1. The maximum Gasteiger partial charge on any atom is 0.113 e. The number of alkyl halides is 1. The van der Waals surface area contributed by atoms with Gasteiger partial charge in [0.2, 0.25) is 0 Å². The Labute approximate surface area is 103 Å². The second-order valence-electron chi connectivity index (χ2n) is 5.00. The molecule has 2 rings (SSSR count). The Morgan fingerprint density at radius 3 is 2.71 bits per heavy atom. The molecule has 2 aliphatic rings. The summed E-state index contributed by atoms with van der Waals surface area (Å²) in [5.41, 5.74) is 0. The van der Waals surface area contributed by atoms with E-state index in [0.717, 1.165) is 11.8 Å². The molecule has 0 spiro atoms. The topological polar surface area (TPSA) is 18.5 Å². The lowest BCUT2D eigenvalue weighted by molar-refractivity contribution is -0.104. The van der Waals surface area contributed by atoms with Gasteiger partial charge in [-0.25, -0.2) is 4.39 Å². The highest BCUT2D eigenvalue weighted by Gasteiger charge is 2.40. The number of rotatable bonds is 6. The van der Waals surface area contributed by atoms with Crippen molar-refractivity contribution in [3.8, 4) is 0 Å². The lowest BCUT2D eigenvalue weighted by Crippen LogP contribution is -2.43. The first-order valence-electron chi connectivity index (χ1n) is 6.82. The third-order valence-corrected chi connectivity index (χ3v) is 3.94. The summed E-state index contributed by atoms with van der Waals surface area (Å²) >= 11 is 0. The molecule has 98 valence electrons. The van der Waals surface area contributed by atoms with E-state index < -0.39 is 6.67 Å². The standard InChI is InChI=1S/C14H23FO2/c15-7-8-16-9-10-17-14-11-12-5-3-1-2-4-6-13(12)14/h1-2,12-14H,3-11H2/b2-1+/t12-,13-,14-/m1/s1/i15-1. The SMILES string of the molecule is [18F]CCOCCO[C@@H]1C[C@H]2CC/C=C/CC[C@H]21. The molecule has 0 heterocycles. The van der Waals surface area contributed by atoms with E-state index in [-0.39, 0.29) is 6.61 Å². The van der Waals surface area contributed by atoms with E-state index in [1.807, 2.05) is 0 Å². The van der Waals surface area contributed by atoms with E-state index in [1.165, 1.54) is 32.1 Å². The molecule has 0 aromatic rings. The highest BCUT2D eigenvalue weighted by atomic mass is 18.2. The molecule has 3 atom stereocenters. The van der Waals surface area contributed by atoms with Gasteiger partial charge in [0.1, 0.15) is 6.67 Å². The molecule has 3 heteroatoms. The van der Waals surface area contributed by atoms with Gasteiger partial charge < -0.3 is 9.47 Å². The Bertz CT molecular complexity index is 242. The normalized spacial score (nSPS) is 34.3. The number of fused-ring (bicyclic) bond motifs is 1. The maximum atomic E-state index is 11.8. The Kier molecular flexibility index (Phi) is 5.46. The summed E-state index contributed by atoms with van der Waals surface area (Å²) in [6, 6.07) is 0. The van der Waals surface area contributed by atoms with Gasteiger partial charge in [-0.15, -0.1) is 0 Å². The summed E-state index contributed by atoms with van der Waals surface area (Å²) in [6.07, 6.45) is 11.3. The number of hydrogen-bond acceptors (Lipinski definition) is 2. The Hall–Kier alpha value is -0.410. The van der Waals surface area contributed by atoms with Crippen LogP contribution in [0.2, 0.25) is 0 Å². The summed E-state index contributed by atoms with van der Waals surface area (Å²) in [5, 5.41) is 0. The van der Waals surface area contributed by atoms with Crippen molar-refractivity contribution in [1.82, 2.24) is 0 Å². The third-order valence-electron chi connectivity index (χ3n) is 3.94. The first-order valence-corrected chi connectivity index (χ1v) is 6.82. The predicted molar refractivity (Wildman–Crippen MR) is 65.7 cm³/mol. The van der Waals surface area contributed by atoms with Crippen molar-refractivity contribution in [1.29, 1.82) is 0 Å². The molecule has 0 bridgehead atoms. The van der Waals surface area contributed by atoms with Gasteiger partial charge in [0.25, 0.3) is 0 Å². The molecule has 0 aliphatic heterocycles. The molecular formula is C14H23FO2. The van der Waals surface area contributed by atoms with Gasteiger partial charge in [-0.2, -0.15) is 0 Å². The average molecular weight is 241 g/mol. The fraction of sp³-hybridized carbons (Fsp3) is 0.857.